The summed E-state index contributed by atoms with van der Waals surface area (Å²) in [7, 11) is 1.44. The molecular formula is C24H22ClF2N5O4S. The number of hydrogen-bond donors (Lipinski definition) is 3. The van der Waals surface area contributed by atoms with Crippen molar-refractivity contribution >= 4 is 45.9 Å². The fraction of sp³-hybridized carbons (Fsp3) is 0.250. The Labute approximate surface area is 218 Å². The Morgan fingerprint density at radius 2 is 1.92 bits per heavy atom. The molecule has 1 atom stereocenters. The van der Waals surface area contributed by atoms with Crippen LogP contribution in [-0.2, 0) is 18.2 Å². The van der Waals surface area contributed by atoms with Gasteiger partial charge in [-0.1, -0.05) is 17.7 Å². The van der Waals surface area contributed by atoms with Crippen molar-refractivity contribution in [2.45, 2.75) is 32.7 Å². The first kappa shape index (κ1) is 25.2. The molecule has 1 amide bonds. The number of amides is 1. The van der Waals surface area contributed by atoms with Gasteiger partial charge in [0.1, 0.15) is 33.7 Å². The van der Waals surface area contributed by atoms with Gasteiger partial charge in [0.25, 0.3) is 11.5 Å². The van der Waals surface area contributed by atoms with E-state index in [1.807, 2.05) is 0 Å². The zero-order chi connectivity index (χ0) is 26.6. The molecule has 194 valence electrons. The second-order valence-electron chi connectivity index (χ2n) is 8.85. The third-order valence-corrected chi connectivity index (χ3v) is 7.17. The Bertz CT molecular complexity index is 1540. The van der Waals surface area contributed by atoms with Gasteiger partial charge in [0.15, 0.2) is 11.6 Å². The second kappa shape index (κ2) is 9.43. The highest BCUT2D eigenvalue weighted by Gasteiger charge is 2.35. The molecule has 1 aliphatic carbocycles. The Kier molecular flexibility index (Phi) is 6.42. The molecule has 2 aromatic carbocycles. The van der Waals surface area contributed by atoms with Gasteiger partial charge in [-0.3, -0.25) is 14.2 Å². The summed E-state index contributed by atoms with van der Waals surface area (Å²) in [6.45, 7) is 3.19. The SMILES string of the molecule is Cc1ccc(Nc2c(C(=O)NC3CC3)c(Oc3ccc(N4NS4=O)c(F)c3Cl)c(C)c(=O)n2C)c(F)c1. The van der Waals surface area contributed by atoms with Crippen molar-refractivity contribution < 1.29 is 22.5 Å². The van der Waals surface area contributed by atoms with Gasteiger partial charge in [-0.25, -0.2) is 13.0 Å². The molecule has 1 saturated carbocycles. The predicted molar refractivity (Wildman–Crippen MR) is 137 cm³/mol. The minimum Gasteiger partial charge on any atom is -0.454 e. The molecule has 1 aromatic heterocycles. The summed E-state index contributed by atoms with van der Waals surface area (Å²) < 4.78 is 49.3. The normalized spacial score (nSPS) is 16.5. The zero-order valence-electron chi connectivity index (χ0n) is 19.9. The van der Waals surface area contributed by atoms with Crippen molar-refractivity contribution in [2.24, 2.45) is 7.05 Å². The highest BCUT2D eigenvalue weighted by atomic mass is 35.5. The summed E-state index contributed by atoms with van der Waals surface area (Å²) in [5, 5.41) is 5.28. The summed E-state index contributed by atoms with van der Waals surface area (Å²) in [5.74, 6) is -2.36. The van der Waals surface area contributed by atoms with E-state index >= 15 is 0 Å². The van der Waals surface area contributed by atoms with Gasteiger partial charge in [-0.2, -0.15) is 4.41 Å². The molecule has 1 aliphatic heterocycles. The fourth-order valence-electron chi connectivity index (χ4n) is 3.79. The zero-order valence-corrected chi connectivity index (χ0v) is 21.5. The molecule has 2 heterocycles. The van der Waals surface area contributed by atoms with E-state index in [0.717, 1.165) is 17.3 Å². The quantitative estimate of drug-likeness (QED) is 0.381. The largest absolute Gasteiger partial charge is 0.454 e. The van der Waals surface area contributed by atoms with Crippen LogP contribution >= 0.6 is 11.6 Å². The number of nitrogens with one attached hydrogen (secondary N) is 3. The van der Waals surface area contributed by atoms with E-state index in [9.17, 15) is 22.6 Å². The Balaban J connectivity index is 1.64. The molecule has 1 unspecified atom stereocenters. The monoisotopic (exact) mass is 549 g/mol. The lowest BCUT2D eigenvalue weighted by molar-refractivity contribution is 0.0948. The molecule has 0 bridgehead atoms. The molecule has 2 fully saturated rings. The molecular weight excluding hydrogens is 528 g/mol. The van der Waals surface area contributed by atoms with E-state index in [-0.39, 0.29) is 45.9 Å². The molecule has 0 radical (unpaired) electrons. The standard InChI is InChI=1S/C24H22ClF2N5O4S/c1-11-4-7-15(14(26)10-11)29-22-18(23(33)28-13-5-6-13)21(12(2)24(34)31(22)3)36-17-9-8-16(20(27)19(17)25)32-30-37(32)35/h4,7-10,13,29-30H,5-6H2,1-3H3,(H,28,33). The average Bonchev–Trinajstić information content (AvgIpc) is 3.78. The number of nitrogens with zero attached hydrogens (tertiary/aromatic N) is 2. The van der Waals surface area contributed by atoms with Gasteiger partial charge >= 0.3 is 0 Å². The molecule has 5 rings (SSSR count). The maximum Gasteiger partial charge on any atom is 0.259 e. The number of hydrazine groups is 1. The lowest BCUT2D eigenvalue weighted by Gasteiger charge is -2.22. The first-order valence-corrected chi connectivity index (χ1v) is 12.8. The topological polar surface area (TPSA) is 114 Å². The van der Waals surface area contributed by atoms with Crippen LogP contribution in [0, 0.1) is 25.5 Å². The van der Waals surface area contributed by atoms with E-state index in [0.29, 0.717) is 5.56 Å². The summed E-state index contributed by atoms with van der Waals surface area (Å²) in [6, 6.07) is 7.09. The first-order chi connectivity index (χ1) is 17.6. The lowest BCUT2D eigenvalue weighted by atomic mass is 10.1. The smallest absolute Gasteiger partial charge is 0.259 e. The summed E-state index contributed by atoms with van der Waals surface area (Å²) in [4.78, 5) is 29.0. The molecule has 37 heavy (non-hydrogen) atoms. The highest BCUT2D eigenvalue weighted by Crippen LogP contribution is 2.41. The van der Waals surface area contributed by atoms with Crippen LogP contribution in [0.4, 0.5) is 26.0 Å². The number of hydrogen-bond acceptors (Lipinski definition) is 5. The Morgan fingerprint density at radius 1 is 1.22 bits per heavy atom. The van der Waals surface area contributed by atoms with Crippen LogP contribution in [0.1, 0.15) is 34.3 Å². The lowest BCUT2D eigenvalue weighted by Crippen LogP contribution is -2.31. The number of aromatic nitrogens is 1. The van der Waals surface area contributed by atoms with Crippen molar-refractivity contribution in [3.63, 3.8) is 0 Å². The molecule has 3 aromatic rings. The number of benzene rings is 2. The number of carbonyl (C=O) groups is 1. The van der Waals surface area contributed by atoms with E-state index in [4.69, 9.17) is 16.3 Å². The second-order valence-corrected chi connectivity index (χ2v) is 10.3. The van der Waals surface area contributed by atoms with E-state index in [1.165, 1.54) is 42.8 Å². The van der Waals surface area contributed by atoms with Crippen LogP contribution in [0.2, 0.25) is 5.02 Å². The maximum atomic E-state index is 14.9. The van der Waals surface area contributed by atoms with Gasteiger partial charge in [-0.05, 0) is 56.5 Å². The van der Waals surface area contributed by atoms with Gasteiger partial charge < -0.3 is 15.4 Å². The third-order valence-electron chi connectivity index (χ3n) is 6.03. The number of aryl methyl sites for hydroxylation is 1. The highest BCUT2D eigenvalue weighted by molar-refractivity contribution is 7.91. The number of carbonyl (C=O) groups excluding carboxylic acids is 1. The number of ether oxygens (including phenoxy) is 1. The van der Waals surface area contributed by atoms with Crippen LogP contribution in [0.5, 0.6) is 11.5 Å². The first-order valence-electron chi connectivity index (χ1n) is 11.3. The molecule has 9 nitrogen and oxygen atoms in total. The van der Waals surface area contributed by atoms with Crippen molar-refractivity contribution in [2.75, 3.05) is 9.73 Å². The van der Waals surface area contributed by atoms with E-state index in [1.54, 1.807) is 13.0 Å². The maximum absolute atomic E-state index is 14.9. The number of anilines is 3. The van der Waals surface area contributed by atoms with Crippen molar-refractivity contribution in [3.05, 3.63) is 74.0 Å². The fourth-order valence-corrected chi connectivity index (χ4v) is 4.61. The Hall–Kier alpha value is -3.48. The minimum absolute atomic E-state index is 0.0107. The van der Waals surface area contributed by atoms with E-state index in [2.05, 4.69) is 15.5 Å². The number of rotatable bonds is 7. The molecule has 13 heteroatoms. The van der Waals surface area contributed by atoms with Crippen LogP contribution in [0.15, 0.2) is 35.1 Å². The van der Waals surface area contributed by atoms with Crippen LogP contribution < -0.4 is 30.2 Å². The van der Waals surface area contributed by atoms with Crippen molar-refractivity contribution in [1.29, 1.82) is 0 Å². The Morgan fingerprint density at radius 3 is 2.54 bits per heavy atom. The van der Waals surface area contributed by atoms with Gasteiger partial charge in [0, 0.05) is 13.1 Å². The van der Waals surface area contributed by atoms with Gasteiger partial charge in [0.05, 0.1) is 11.3 Å². The summed E-state index contributed by atoms with van der Waals surface area (Å²) in [5.41, 5.74) is 0.153. The summed E-state index contributed by atoms with van der Waals surface area (Å²) in [6.07, 6.45) is 1.60. The van der Waals surface area contributed by atoms with Gasteiger partial charge in [-0.15, -0.1) is 4.83 Å². The third kappa shape index (κ3) is 4.79. The average molecular weight is 550 g/mol. The number of pyridine rings is 1. The molecule has 0 spiro atoms. The molecule has 3 N–H and O–H groups in total. The van der Waals surface area contributed by atoms with Crippen LogP contribution in [0.3, 0.4) is 0 Å². The van der Waals surface area contributed by atoms with Crippen LogP contribution in [0.25, 0.3) is 0 Å². The van der Waals surface area contributed by atoms with Gasteiger partial charge in [0.2, 0.25) is 11.2 Å². The molecule has 2 aliphatic rings. The number of halogens is 3. The van der Waals surface area contributed by atoms with Crippen LogP contribution in [-0.4, -0.2) is 20.7 Å². The van der Waals surface area contributed by atoms with E-state index < -0.39 is 39.3 Å². The summed E-state index contributed by atoms with van der Waals surface area (Å²) >= 11 is 4.67. The molecule has 1 saturated heterocycles. The minimum atomic E-state index is -1.55. The van der Waals surface area contributed by atoms with Crippen molar-refractivity contribution in [3.8, 4) is 11.5 Å². The van der Waals surface area contributed by atoms with Crippen molar-refractivity contribution in [1.82, 2.24) is 14.7 Å². The predicted octanol–water partition coefficient (Wildman–Crippen LogP) is 4.27.